The molecule has 0 radical (unpaired) electrons. The van der Waals surface area contributed by atoms with Crippen molar-refractivity contribution >= 4 is 0 Å². The van der Waals surface area contributed by atoms with E-state index >= 15 is 0 Å². The van der Waals surface area contributed by atoms with E-state index in [4.69, 9.17) is 0 Å². The van der Waals surface area contributed by atoms with Crippen molar-refractivity contribution in [1.82, 2.24) is 4.90 Å². The van der Waals surface area contributed by atoms with Gasteiger partial charge in [0.2, 0.25) is 0 Å². The van der Waals surface area contributed by atoms with Crippen molar-refractivity contribution in [2.75, 3.05) is 26.3 Å². The lowest BCUT2D eigenvalue weighted by atomic mass is 9.80. The van der Waals surface area contributed by atoms with Gasteiger partial charge in [-0.25, -0.2) is 0 Å². The number of benzene rings is 1. The van der Waals surface area contributed by atoms with Crippen LogP contribution in [0.25, 0.3) is 0 Å². The molecule has 88 valence electrons. The summed E-state index contributed by atoms with van der Waals surface area (Å²) in [6.07, 6.45) is 0. The predicted octanol–water partition coefficient (Wildman–Crippen LogP) is 1.03. The minimum absolute atomic E-state index is 0.0709. The number of likely N-dealkylation sites (tertiary alicyclic amines) is 1. The molecule has 0 spiro atoms. The van der Waals surface area contributed by atoms with Crippen LogP contribution in [0, 0.1) is 5.41 Å². The van der Waals surface area contributed by atoms with Crippen LogP contribution in [0.15, 0.2) is 30.3 Å². The Morgan fingerprint density at radius 2 is 1.75 bits per heavy atom. The SMILES string of the molecule is C[C@@H](c1ccccc1)N1CC(CO)(CO)C1. The number of aliphatic hydroxyl groups excluding tert-OH is 2. The summed E-state index contributed by atoms with van der Waals surface area (Å²) in [7, 11) is 0. The highest BCUT2D eigenvalue weighted by molar-refractivity contribution is 5.19. The summed E-state index contributed by atoms with van der Waals surface area (Å²) in [5, 5.41) is 18.4. The first-order valence-electron chi connectivity index (χ1n) is 5.71. The van der Waals surface area contributed by atoms with E-state index in [1.165, 1.54) is 5.56 Å². The quantitative estimate of drug-likeness (QED) is 0.798. The molecule has 0 saturated carbocycles. The standard InChI is InChI=1S/C13H19NO2/c1-11(12-5-3-2-4-6-12)14-7-13(8-14,9-15)10-16/h2-6,11,15-16H,7-10H2,1H3/t11-/m0/s1. The zero-order chi connectivity index (χ0) is 11.6. The van der Waals surface area contributed by atoms with E-state index in [0.717, 1.165) is 13.1 Å². The van der Waals surface area contributed by atoms with Gasteiger partial charge in [0.15, 0.2) is 0 Å². The van der Waals surface area contributed by atoms with Crippen molar-refractivity contribution < 1.29 is 10.2 Å². The zero-order valence-corrected chi connectivity index (χ0v) is 9.63. The van der Waals surface area contributed by atoms with E-state index in [1.807, 2.05) is 18.2 Å². The van der Waals surface area contributed by atoms with Gasteiger partial charge < -0.3 is 10.2 Å². The fraction of sp³-hybridized carbons (Fsp3) is 0.538. The van der Waals surface area contributed by atoms with Crippen molar-refractivity contribution in [3.8, 4) is 0 Å². The highest BCUT2D eigenvalue weighted by atomic mass is 16.3. The molecule has 1 atom stereocenters. The van der Waals surface area contributed by atoms with Crippen molar-refractivity contribution in [1.29, 1.82) is 0 Å². The fourth-order valence-corrected chi connectivity index (χ4v) is 2.28. The van der Waals surface area contributed by atoms with Gasteiger partial charge in [0.05, 0.1) is 13.2 Å². The first-order chi connectivity index (χ1) is 7.71. The predicted molar refractivity (Wildman–Crippen MR) is 63.0 cm³/mol. The van der Waals surface area contributed by atoms with Crippen LogP contribution < -0.4 is 0 Å². The van der Waals surface area contributed by atoms with E-state index in [-0.39, 0.29) is 18.6 Å². The second-order valence-electron chi connectivity index (χ2n) is 4.81. The Morgan fingerprint density at radius 3 is 2.25 bits per heavy atom. The molecule has 3 heteroatoms. The van der Waals surface area contributed by atoms with Crippen LogP contribution in [-0.4, -0.2) is 41.4 Å². The smallest absolute Gasteiger partial charge is 0.0534 e. The number of hydrogen-bond acceptors (Lipinski definition) is 3. The Hall–Kier alpha value is -0.900. The normalized spacial score (nSPS) is 21.4. The molecule has 1 saturated heterocycles. The largest absolute Gasteiger partial charge is 0.396 e. The number of rotatable bonds is 4. The van der Waals surface area contributed by atoms with Crippen LogP contribution in [0.3, 0.4) is 0 Å². The first kappa shape index (κ1) is 11.6. The Morgan fingerprint density at radius 1 is 1.19 bits per heavy atom. The van der Waals surface area contributed by atoms with Crippen molar-refractivity contribution in [3.63, 3.8) is 0 Å². The summed E-state index contributed by atoms with van der Waals surface area (Å²) < 4.78 is 0. The molecule has 0 aliphatic carbocycles. The third-order valence-corrected chi connectivity index (χ3v) is 3.58. The molecule has 0 amide bonds. The molecule has 2 rings (SSSR count). The first-order valence-corrected chi connectivity index (χ1v) is 5.71. The summed E-state index contributed by atoms with van der Waals surface area (Å²) in [4.78, 5) is 2.28. The molecule has 1 heterocycles. The summed E-state index contributed by atoms with van der Waals surface area (Å²) in [6, 6.07) is 10.7. The van der Waals surface area contributed by atoms with Crippen LogP contribution in [0.4, 0.5) is 0 Å². The second-order valence-corrected chi connectivity index (χ2v) is 4.81. The lowest BCUT2D eigenvalue weighted by Gasteiger charge is -2.51. The minimum atomic E-state index is -0.275. The molecule has 1 aliphatic rings. The molecule has 0 unspecified atom stereocenters. The third kappa shape index (κ3) is 1.98. The Balaban J connectivity index is 1.97. The molecule has 1 fully saturated rings. The molecular formula is C13H19NO2. The van der Waals surface area contributed by atoms with Crippen LogP contribution in [-0.2, 0) is 0 Å². The third-order valence-electron chi connectivity index (χ3n) is 3.58. The maximum Gasteiger partial charge on any atom is 0.0534 e. The number of aliphatic hydroxyl groups is 2. The van der Waals surface area contributed by atoms with Gasteiger partial charge >= 0.3 is 0 Å². The van der Waals surface area contributed by atoms with E-state index < -0.39 is 0 Å². The number of nitrogens with zero attached hydrogens (tertiary/aromatic N) is 1. The van der Waals surface area contributed by atoms with Gasteiger partial charge in [0, 0.05) is 24.5 Å². The molecule has 1 aliphatic heterocycles. The van der Waals surface area contributed by atoms with Gasteiger partial charge in [-0.2, -0.15) is 0 Å². The molecule has 2 N–H and O–H groups in total. The summed E-state index contributed by atoms with van der Waals surface area (Å²) in [5.74, 6) is 0. The van der Waals surface area contributed by atoms with E-state index in [1.54, 1.807) is 0 Å². The van der Waals surface area contributed by atoms with Crippen molar-refractivity contribution in [2.24, 2.45) is 5.41 Å². The van der Waals surface area contributed by atoms with Gasteiger partial charge in [-0.15, -0.1) is 0 Å². The van der Waals surface area contributed by atoms with Crippen LogP contribution in [0.2, 0.25) is 0 Å². The lowest BCUT2D eigenvalue weighted by Crippen LogP contribution is -2.60. The van der Waals surface area contributed by atoms with Crippen molar-refractivity contribution in [3.05, 3.63) is 35.9 Å². The maximum absolute atomic E-state index is 9.22. The molecule has 0 bridgehead atoms. The minimum Gasteiger partial charge on any atom is -0.396 e. The van der Waals surface area contributed by atoms with Gasteiger partial charge in [-0.1, -0.05) is 30.3 Å². The van der Waals surface area contributed by atoms with E-state index in [9.17, 15) is 10.2 Å². The highest BCUT2D eigenvalue weighted by Crippen LogP contribution is 2.35. The van der Waals surface area contributed by atoms with Gasteiger partial charge in [-0.3, -0.25) is 4.90 Å². The molecular weight excluding hydrogens is 202 g/mol. The Kier molecular flexibility index (Phi) is 3.28. The number of hydrogen-bond donors (Lipinski definition) is 2. The zero-order valence-electron chi connectivity index (χ0n) is 9.63. The molecule has 1 aromatic carbocycles. The van der Waals surface area contributed by atoms with Crippen molar-refractivity contribution in [2.45, 2.75) is 13.0 Å². The van der Waals surface area contributed by atoms with Crippen LogP contribution in [0.5, 0.6) is 0 Å². The maximum atomic E-state index is 9.22. The topological polar surface area (TPSA) is 43.7 Å². The fourth-order valence-electron chi connectivity index (χ4n) is 2.28. The van der Waals surface area contributed by atoms with Gasteiger partial charge in [0.25, 0.3) is 0 Å². The average molecular weight is 221 g/mol. The lowest BCUT2D eigenvalue weighted by molar-refractivity contribution is -0.0915. The molecule has 3 nitrogen and oxygen atoms in total. The summed E-state index contributed by atoms with van der Waals surface area (Å²) in [6.45, 7) is 3.85. The molecule has 0 aromatic heterocycles. The Labute approximate surface area is 96.3 Å². The summed E-state index contributed by atoms with van der Waals surface area (Å²) >= 11 is 0. The average Bonchev–Trinajstić information content (AvgIpc) is 2.30. The van der Waals surface area contributed by atoms with E-state index in [2.05, 4.69) is 24.0 Å². The second kappa shape index (κ2) is 4.53. The van der Waals surface area contributed by atoms with Gasteiger partial charge in [0.1, 0.15) is 0 Å². The highest BCUT2D eigenvalue weighted by Gasteiger charge is 2.43. The molecule has 16 heavy (non-hydrogen) atoms. The van der Waals surface area contributed by atoms with Crippen LogP contribution in [0.1, 0.15) is 18.5 Å². The van der Waals surface area contributed by atoms with Gasteiger partial charge in [-0.05, 0) is 12.5 Å². The Bertz CT molecular complexity index is 327. The van der Waals surface area contributed by atoms with Crippen LogP contribution >= 0.6 is 0 Å². The summed E-state index contributed by atoms with van der Waals surface area (Å²) in [5.41, 5.74) is 1.01. The monoisotopic (exact) mass is 221 g/mol. The molecule has 1 aromatic rings. The van der Waals surface area contributed by atoms with E-state index in [0.29, 0.717) is 6.04 Å².